The lowest BCUT2D eigenvalue weighted by molar-refractivity contribution is -0.384. The van der Waals surface area contributed by atoms with Crippen molar-refractivity contribution in [3.05, 3.63) is 58.1 Å². The Kier molecular flexibility index (Phi) is 4.90. The van der Waals surface area contributed by atoms with Crippen LogP contribution in [0.25, 0.3) is 11.1 Å². The number of nitrogens with zero attached hydrogens (tertiary/aromatic N) is 1. The summed E-state index contributed by atoms with van der Waals surface area (Å²) < 4.78 is 5.35. The zero-order valence-electron chi connectivity index (χ0n) is 12.1. The van der Waals surface area contributed by atoms with Gasteiger partial charge in [-0.05, 0) is 29.8 Å². The van der Waals surface area contributed by atoms with E-state index >= 15 is 0 Å². The van der Waals surface area contributed by atoms with Crippen molar-refractivity contribution in [2.24, 2.45) is 0 Å². The van der Waals surface area contributed by atoms with E-state index in [1.54, 1.807) is 19.2 Å². The number of hydrogen-bond donors (Lipinski definition) is 1. The van der Waals surface area contributed by atoms with Crippen LogP contribution < -0.4 is 10.1 Å². The molecule has 5 nitrogen and oxygen atoms in total. The molecular weight excluding hydrogens is 268 g/mol. The molecule has 0 unspecified atom stereocenters. The van der Waals surface area contributed by atoms with Gasteiger partial charge in [0, 0.05) is 24.2 Å². The average molecular weight is 286 g/mol. The molecule has 5 heteroatoms. The number of rotatable bonds is 6. The van der Waals surface area contributed by atoms with Crippen LogP contribution in [0, 0.1) is 10.1 Å². The van der Waals surface area contributed by atoms with E-state index < -0.39 is 0 Å². The smallest absolute Gasteiger partial charge is 0.270 e. The Bertz CT molecular complexity index is 641. The predicted octanol–water partition coefficient (Wildman–Crippen LogP) is 3.38. The van der Waals surface area contributed by atoms with Gasteiger partial charge in [-0.3, -0.25) is 10.1 Å². The Balaban J connectivity index is 2.39. The number of nitrogens with one attached hydrogen (secondary N) is 1. The second-order valence-corrected chi connectivity index (χ2v) is 4.61. The van der Waals surface area contributed by atoms with E-state index in [2.05, 4.69) is 5.32 Å². The molecule has 0 heterocycles. The quantitative estimate of drug-likeness (QED) is 0.653. The summed E-state index contributed by atoms with van der Waals surface area (Å²) in [5, 5.41) is 14.1. The molecule has 0 amide bonds. The molecule has 110 valence electrons. The summed E-state index contributed by atoms with van der Waals surface area (Å²) in [6.07, 6.45) is 0. The fraction of sp³-hybridized carbons (Fsp3) is 0.250. The van der Waals surface area contributed by atoms with Crippen LogP contribution >= 0.6 is 0 Å². The molecular formula is C16H18N2O3. The minimum absolute atomic E-state index is 0.0940. The van der Waals surface area contributed by atoms with Crippen molar-refractivity contribution in [2.45, 2.75) is 13.5 Å². The minimum atomic E-state index is -0.382. The van der Waals surface area contributed by atoms with Gasteiger partial charge in [0.15, 0.2) is 0 Å². The number of non-ortho nitro benzene ring substituents is 1. The van der Waals surface area contributed by atoms with Crippen LogP contribution in [0.1, 0.15) is 12.5 Å². The zero-order chi connectivity index (χ0) is 15.2. The van der Waals surface area contributed by atoms with Crippen LogP contribution in [-0.2, 0) is 6.54 Å². The van der Waals surface area contributed by atoms with E-state index in [0.29, 0.717) is 6.54 Å². The van der Waals surface area contributed by atoms with Gasteiger partial charge in [-0.2, -0.15) is 0 Å². The van der Waals surface area contributed by atoms with Crippen LogP contribution in [0.3, 0.4) is 0 Å². The van der Waals surface area contributed by atoms with Gasteiger partial charge in [0.1, 0.15) is 5.75 Å². The monoisotopic (exact) mass is 286 g/mol. The van der Waals surface area contributed by atoms with Crippen LogP contribution in [0.4, 0.5) is 5.69 Å². The van der Waals surface area contributed by atoms with E-state index in [9.17, 15) is 10.1 Å². The van der Waals surface area contributed by atoms with Gasteiger partial charge >= 0.3 is 0 Å². The topological polar surface area (TPSA) is 64.4 Å². The molecule has 0 spiro atoms. The normalized spacial score (nSPS) is 10.4. The van der Waals surface area contributed by atoms with Gasteiger partial charge in [-0.15, -0.1) is 0 Å². The first kappa shape index (κ1) is 15.0. The van der Waals surface area contributed by atoms with Crippen molar-refractivity contribution in [1.82, 2.24) is 5.32 Å². The molecule has 21 heavy (non-hydrogen) atoms. The Morgan fingerprint density at radius 2 is 1.95 bits per heavy atom. The van der Waals surface area contributed by atoms with Crippen molar-refractivity contribution >= 4 is 5.69 Å². The zero-order valence-corrected chi connectivity index (χ0v) is 12.1. The van der Waals surface area contributed by atoms with Crippen molar-refractivity contribution in [2.75, 3.05) is 13.7 Å². The van der Waals surface area contributed by atoms with Gasteiger partial charge in [-0.25, -0.2) is 0 Å². The van der Waals surface area contributed by atoms with Gasteiger partial charge in [0.05, 0.1) is 12.0 Å². The molecule has 0 fully saturated rings. The Labute approximate surface area is 123 Å². The number of hydrogen-bond acceptors (Lipinski definition) is 4. The minimum Gasteiger partial charge on any atom is -0.496 e. The summed E-state index contributed by atoms with van der Waals surface area (Å²) in [5.74, 6) is 0.810. The Hall–Kier alpha value is -2.40. The van der Waals surface area contributed by atoms with Crippen LogP contribution in [0.2, 0.25) is 0 Å². The second-order valence-electron chi connectivity index (χ2n) is 4.61. The van der Waals surface area contributed by atoms with Gasteiger partial charge in [-0.1, -0.05) is 25.1 Å². The summed E-state index contributed by atoms with van der Waals surface area (Å²) >= 11 is 0. The summed E-state index contributed by atoms with van der Waals surface area (Å²) in [6, 6.07) is 12.4. The van der Waals surface area contributed by atoms with Crippen molar-refractivity contribution < 1.29 is 9.66 Å². The molecule has 1 N–H and O–H groups in total. The van der Waals surface area contributed by atoms with E-state index in [1.165, 1.54) is 6.07 Å². The Morgan fingerprint density at radius 3 is 2.62 bits per heavy atom. The van der Waals surface area contributed by atoms with Crippen molar-refractivity contribution in [1.29, 1.82) is 0 Å². The predicted molar refractivity (Wildman–Crippen MR) is 82.5 cm³/mol. The number of nitro groups is 1. The fourth-order valence-electron chi connectivity index (χ4n) is 2.16. The van der Waals surface area contributed by atoms with E-state index in [-0.39, 0.29) is 10.6 Å². The summed E-state index contributed by atoms with van der Waals surface area (Å²) in [7, 11) is 1.64. The largest absolute Gasteiger partial charge is 0.496 e. The highest BCUT2D eigenvalue weighted by molar-refractivity contribution is 5.68. The molecule has 0 aliphatic heterocycles. The molecule has 0 radical (unpaired) electrons. The first-order chi connectivity index (χ1) is 10.2. The van der Waals surface area contributed by atoms with Crippen LogP contribution in [0.5, 0.6) is 5.75 Å². The lowest BCUT2D eigenvalue weighted by atomic mass is 10.0. The van der Waals surface area contributed by atoms with Crippen LogP contribution in [0.15, 0.2) is 42.5 Å². The molecule has 0 atom stereocenters. The maximum atomic E-state index is 10.9. The van der Waals surface area contributed by atoms with E-state index in [4.69, 9.17) is 4.74 Å². The molecule has 0 aromatic heterocycles. The molecule has 2 aromatic rings. The molecule has 0 saturated heterocycles. The van der Waals surface area contributed by atoms with E-state index in [0.717, 1.165) is 29.0 Å². The third-order valence-corrected chi connectivity index (χ3v) is 3.24. The highest BCUT2D eigenvalue weighted by atomic mass is 16.6. The average Bonchev–Trinajstić information content (AvgIpc) is 2.52. The van der Waals surface area contributed by atoms with Gasteiger partial charge in [0.25, 0.3) is 5.69 Å². The van der Waals surface area contributed by atoms with Gasteiger partial charge < -0.3 is 10.1 Å². The van der Waals surface area contributed by atoms with Crippen molar-refractivity contribution in [3.8, 4) is 16.9 Å². The first-order valence-corrected chi connectivity index (χ1v) is 6.78. The molecule has 0 aliphatic rings. The summed E-state index contributed by atoms with van der Waals surface area (Å²) in [4.78, 5) is 10.5. The third-order valence-electron chi connectivity index (χ3n) is 3.24. The Morgan fingerprint density at radius 1 is 1.19 bits per heavy atom. The lowest BCUT2D eigenvalue weighted by Gasteiger charge is -2.11. The molecule has 0 aliphatic carbocycles. The second kappa shape index (κ2) is 6.85. The first-order valence-electron chi connectivity index (χ1n) is 6.78. The fourth-order valence-corrected chi connectivity index (χ4v) is 2.16. The molecule has 0 saturated carbocycles. The number of methoxy groups -OCH3 is 1. The highest BCUT2D eigenvalue weighted by Gasteiger charge is 2.09. The van der Waals surface area contributed by atoms with E-state index in [1.807, 2.05) is 31.2 Å². The molecule has 0 bridgehead atoms. The highest BCUT2D eigenvalue weighted by Crippen LogP contribution is 2.28. The van der Waals surface area contributed by atoms with Crippen LogP contribution in [-0.4, -0.2) is 18.6 Å². The standard InChI is InChI=1S/C16H18N2O3/c1-3-17-11-14-9-13(7-8-16(14)21-2)12-5-4-6-15(10-12)18(19)20/h4-10,17H,3,11H2,1-2H3. The summed E-state index contributed by atoms with van der Waals surface area (Å²) in [6.45, 7) is 3.60. The number of nitro benzene ring substituents is 1. The number of benzene rings is 2. The maximum absolute atomic E-state index is 10.9. The lowest BCUT2D eigenvalue weighted by Crippen LogP contribution is -2.12. The SMILES string of the molecule is CCNCc1cc(-c2cccc([N+](=O)[O-])c2)ccc1OC. The maximum Gasteiger partial charge on any atom is 0.270 e. The third kappa shape index (κ3) is 3.58. The molecule has 2 aromatic carbocycles. The summed E-state index contributed by atoms with van der Waals surface area (Å²) in [5.41, 5.74) is 2.89. The number of ether oxygens (including phenoxy) is 1. The van der Waals surface area contributed by atoms with Gasteiger partial charge in [0.2, 0.25) is 0 Å². The molecule has 2 rings (SSSR count). The van der Waals surface area contributed by atoms with Crippen molar-refractivity contribution in [3.63, 3.8) is 0 Å².